The van der Waals surface area contributed by atoms with E-state index >= 15 is 0 Å². The second kappa shape index (κ2) is 4.63. The molecule has 1 N–H and O–H groups in total. The predicted molar refractivity (Wildman–Crippen MR) is 60.4 cm³/mol. The Labute approximate surface area is 88.1 Å². The summed E-state index contributed by atoms with van der Waals surface area (Å²) in [6, 6.07) is 0.743. The Bertz CT molecular complexity index is 165. The molecule has 1 saturated carbocycles. The molecule has 0 aromatic carbocycles. The van der Waals surface area contributed by atoms with Gasteiger partial charge in [-0.25, -0.2) is 0 Å². The van der Waals surface area contributed by atoms with Crippen LogP contribution in [0.2, 0.25) is 0 Å². The van der Waals surface area contributed by atoms with E-state index in [1.54, 1.807) is 0 Å². The fraction of sp³-hybridized carbons (Fsp3) is 1.00. The van der Waals surface area contributed by atoms with E-state index in [1.165, 1.54) is 45.3 Å². The van der Waals surface area contributed by atoms with Crippen molar-refractivity contribution in [1.29, 1.82) is 0 Å². The monoisotopic (exact) mass is 196 g/mol. The second-order valence-corrected chi connectivity index (χ2v) is 5.12. The third-order valence-electron chi connectivity index (χ3n) is 3.83. The third kappa shape index (κ3) is 2.71. The molecule has 14 heavy (non-hydrogen) atoms. The van der Waals surface area contributed by atoms with Gasteiger partial charge in [-0.15, -0.1) is 0 Å². The summed E-state index contributed by atoms with van der Waals surface area (Å²) in [4.78, 5) is 2.61. The van der Waals surface area contributed by atoms with Crippen molar-refractivity contribution in [3.8, 4) is 0 Å². The Morgan fingerprint density at radius 3 is 2.57 bits per heavy atom. The molecule has 2 rings (SSSR count). The lowest BCUT2D eigenvalue weighted by molar-refractivity contribution is 0.142. The number of hydrogen-bond donors (Lipinski definition) is 1. The number of likely N-dealkylation sites (N-methyl/N-ethyl adjacent to an activating group) is 2. The van der Waals surface area contributed by atoms with Gasteiger partial charge in [0.1, 0.15) is 0 Å². The summed E-state index contributed by atoms with van der Waals surface area (Å²) in [6.07, 6.45) is 5.91. The van der Waals surface area contributed by atoms with E-state index in [4.69, 9.17) is 0 Å². The third-order valence-corrected chi connectivity index (χ3v) is 3.83. The zero-order valence-corrected chi connectivity index (χ0v) is 9.63. The number of hydrogen-bond acceptors (Lipinski definition) is 2. The summed E-state index contributed by atoms with van der Waals surface area (Å²) in [6.45, 7) is 6.12. The minimum absolute atomic E-state index is 0.743. The zero-order chi connectivity index (χ0) is 9.97. The summed E-state index contributed by atoms with van der Waals surface area (Å²) in [5, 5.41) is 3.45. The van der Waals surface area contributed by atoms with Crippen molar-refractivity contribution in [2.75, 3.05) is 26.7 Å². The molecule has 2 unspecified atom stereocenters. The van der Waals surface area contributed by atoms with Crippen LogP contribution >= 0.6 is 0 Å². The highest BCUT2D eigenvalue weighted by Crippen LogP contribution is 2.37. The molecule has 1 aliphatic heterocycles. The van der Waals surface area contributed by atoms with Crippen LogP contribution in [0.4, 0.5) is 0 Å². The fourth-order valence-corrected chi connectivity index (χ4v) is 2.77. The van der Waals surface area contributed by atoms with Gasteiger partial charge in [-0.3, -0.25) is 0 Å². The molecule has 0 aromatic rings. The van der Waals surface area contributed by atoms with Gasteiger partial charge in [0.25, 0.3) is 0 Å². The first-order chi connectivity index (χ1) is 6.81. The molecule has 2 atom stereocenters. The van der Waals surface area contributed by atoms with Gasteiger partial charge >= 0.3 is 0 Å². The van der Waals surface area contributed by atoms with Crippen LogP contribution in [0.25, 0.3) is 0 Å². The van der Waals surface area contributed by atoms with Crippen molar-refractivity contribution in [3.63, 3.8) is 0 Å². The van der Waals surface area contributed by atoms with E-state index in [0.29, 0.717) is 0 Å². The molecule has 2 fully saturated rings. The first-order valence-corrected chi connectivity index (χ1v) is 6.21. The largest absolute Gasteiger partial charge is 0.316 e. The van der Waals surface area contributed by atoms with Gasteiger partial charge in [-0.2, -0.15) is 0 Å². The molecular weight excluding hydrogens is 172 g/mol. The van der Waals surface area contributed by atoms with Crippen molar-refractivity contribution in [3.05, 3.63) is 0 Å². The molecule has 1 heterocycles. The molecular formula is C12H24N2. The maximum absolute atomic E-state index is 3.45. The van der Waals surface area contributed by atoms with Gasteiger partial charge < -0.3 is 10.2 Å². The molecule has 0 amide bonds. The van der Waals surface area contributed by atoms with Crippen LogP contribution in [0.15, 0.2) is 0 Å². The average Bonchev–Trinajstić information content (AvgIpc) is 3.01. The Morgan fingerprint density at radius 2 is 2.00 bits per heavy atom. The van der Waals surface area contributed by atoms with Crippen molar-refractivity contribution >= 4 is 0 Å². The smallest absolute Gasteiger partial charge is 0.0195 e. The number of likely N-dealkylation sites (tertiary alicyclic amines) is 1. The van der Waals surface area contributed by atoms with Crippen LogP contribution in [-0.4, -0.2) is 37.6 Å². The highest BCUT2D eigenvalue weighted by Gasteiger charge is 2.30. The lowest BCUT2D eigenvalue weighted by atomic mass is 9.90. The Morgan fingerprint density at radius 1 is 1.21 bits per heavy atom. The summed E-state index contributed by atoms with van der Waals surface area (Å²) < 4.78 is 0. The standard InChI is InChI=1S/C12H24N2/c1-3-14-8-11(6-10-4-5-10)7-12(9-14)13-2/h10-13H,3-9H2,1-2H3. The number of piperidine rings is 1. The first-order valence-electron chi connectivity index (χ1n) is 6.21. The minimum atomic E-state index is 0.743. The molecule has 82 valence electrons. The molecule has 0 spiro atoms. The molecule has 2 heteroatoms. The molecule has 2 aliphatic rings. The molecule has 0 aromatic heterocycles. The highest BCUT2D eigenvalue weighted by molar-refractivity contribution is 4.86. The van der Waals surface area contributed by atoms with Gasteiger partial charge in [-0.1, -0.05) is 19.8 Å². The first kappa shape index (κ1) is 10.4. The molecule has 1 saturated heterocycles. The van der Waals surface area contributed by atoms with Crippen LogP contribution in [0.3, 0.4) is 0 Å². The average molecular weight is 196 g/mol. The van der Waals surface area contributed by atoms with Crippen LogP contribution in [0.1, 0.15) is 32.6 Å². The fourth-order valence-electron chi connectivity index (χ4n) is 2.77. The minimum Gasteiger partial charge on any atom is -0.316 e. The number of rotatable bonds is 4. The molecule has 2 nitrogen and oxygen atoms in total. The Hall–Kier alpha value is -0.0800. The topological polar surface area (TPSA) is 15.3 Å². The summed E-state index contributed by atoms with van der Waals surface area (Å²) in [5.41, 5.74) is 0. The van der Waals surface area contributed by atoms with Crippen LogP contribution in [-0.2, 0) is 0 Å². The maximum atomic E-state index is 3.45. The molecule has 0 bridgehead atoms. The normalized spacial score (nSPS) is 34.7. The zero-order valence-electron chi connectivity index (χ0n) is 9.63. The van der Waals surface area contributed by atoms with Crippen molar-refractivity contribution in [1.82, 2.24) is 10.2 Å². The highest BCUT2D eigenvalue weighted by atomic mass is 15.2. The van der Waals surface area contributed by atoms with E-state index in [2.05, 4.69) is 24.2 Å². The van der Waals surface area contributed by atoms with Crippen LogP contribution in [0, 0.1) is 11.8 Å². The van der Waals surface area contributed by atoms with E-state index in [9.17, 15) is 0 Å². The quantitative estimate of drug-likeness (QED) is 0.736. The lowest BCUT2D eigenvalue weighted by Crippen LogP contribution is -2.48. The van der Waals surface area contributed by atoms with Gasteiger partial charge in [0.05, 0.1) is 0 Å². The van der Waals surface area contributed by atoms with E-state index in [0.717, 1.165) is 17.9 Å². The van der Waals surface area contributed by atoms with Crippen molar-refractivity contribution in [2.45, 2.75) is 38.6 Å². The van der Waals surface area contributed by atoms with Gasteiger partial charge in [0.2, 0.25) is 0 Å². The second-order valence-electron chi connectivity index (χ2n) is 5.12. The van der Waals surface area contributed by atoms with Gasteiger partial charge in [0, 0.05) is 19.1 Å². The number of nitrogens with one attached hydrogen (secondary N) is 1. The summed E-state index contributed by atoms with van der Waals surface area (Å²) in [5.74, 6) is 2.06. The van der Waals surface area contributed by atoms with Crippen LogP contribution in [0.5, 0.6) is 0 Å². The van der Waals surface area contributed by atoms with E-state index in [-0.39, 0.29) is 0 Å². The summed E-state index contributed by atoms with van der Waals surface area (Å²) >= 11 is 0. The van der Waals surface area contributed by atoms with Gasteiger partial charge in [-0.05, 0) is 38.3 Å². The van der Waals surface area contributed by atoms with E-state index in [1.807, 2.05) is 0 Å². The molecule has 0 radical (unpaired) electrons. The number of nitrogens with zero attached hydrogens (tertiary/aromatic N) is 1. The SMILES string of the molecule is CCN1CC(CC2CC2)CC(NC)C1. The maximum Gasteiger partial charge on any atom is 0.0195 e. The lowest BCUT2D eigenvalue weighted by Gasteiger charge is -2.37. The van der Waals surface area contributed by atoms with Crippen molar-refractivity contribution < 1.29 is 0 Å². The van der Waals surface area contributed by atoms with Crippen LogP contribution < -0.4 is 5.32 Å². The predicted octanol–water partition coefficient (Wildman–Crippen LogP) is 1.72. The van der Waals surface area contributed by atoms with Crippen molar-refractivity contribution in [2.24, 2.45) is 11.8 Å². The van der Waals surface area contributed by atoms with Gasteiger partial charge in [0.15, 0.2) is 0 Å². The molecule has 1 aliphatic carbocycles. The Balaban J connectivity index is 1.82. The summed E-state index contributed by atoms with van der Waals surface area (Å²) in [7, 11) is 2.11. The Kier molecular flexibility index (Phi) is 3.45. The van der Waals surface area contributed by atoms with E-state index < -0.39 is 0 Å².